The van der Waals surface area contributed by atoms with E-state index in [2.05, 4.69) is 26.1 Å². The average molecular weight is 342 g/mol. The average Bonchev–Trinajstić information content (AvgIpc) is 2.54. The summed E-state index contributed by atoms with van der Waals surface area (Å²) < 4.78 is 5.15. The molecular formula is C19H22N2O4. The maximum atomic E-state index is 12.4. The molecule has 2 rings (SSSR count). The second kappa shape index (κ2) is 7.25. The second-order valence-corrected chi connectivity index (χ2v) is 6.72. The van der Waals surface area contributed by atoms with Crippen molar-refractivity contribution in [2.75, 3.05) is 11.9 Å². The number of nitrogens with two attached hydrogens (primary N) is 1. The summed E-state index contributed by atoms with van der Waals surface area (Å²) in [4.78, 5) is 23.1. The lowest BCUT2D eigenvalue weighted by Crippen LogP contribution is -2.20. The smallest absolute Gasteiger partial charge is 0.255 e. The molecule has 0 aromatic heterocycles. The molecule has 2 aromatic rings. The standard InChI is InChI=1S/C19H22N2O4/c1-19(2,3)13-6-9-16(22)15(10-13)21-18(24)12-4-7-14(8-5-12)25-11-17(20)23/h4-10,22H,11H2,1-3H3,(H2,20,23)(H,21,24). The first-order valence-electron chi connectivity index (χ1n) is 7.83. The summed E-state index contributed by atoms with van der Waals surface area (Å²) in [6.07, 6.45) is 0. The minimum Gasteiger partial charge on any atom is -0.506 e. The number of benzene rings is 2. The van der Waals surface area contributed by atoms with Crippen molar-refractivity contribution in [1.82, 2.24) is 0 Å². The molecule has 6 nitrogen and oxygen atoms in total. The number of anilines is 1. The normalized spacial score (nSPS) is 11.0. The Bertz CT molecular complexity index is 777. The van der Waals surface area contributed by atoms with Gasteiger partial charge < -0.3 is 20.9 Å². The zero-order chi connectivity index (χ0) is 18.6. The van der Waals surface area contributed by atoms with Crippen molar-refractivity contribution >= 4 is 17.5 Å². The number of primary amides is 1. The number of phenols is 1. The number of rotatable bonds is 5. The second-order valence-electron chi connectivity index (χ2n) is 6.72. The molecule has 0 spiro atoms. The van der Waals surface area contributed by atoms with Crippen molar-refractivity contribution in [1.29, 1.82) is 0 Å². The predicted octanol–water partition coefficient (Wildman–Crippen LogP) is 2.81. The Kier molecular flexibility index (Phi) is 5.32. The van der Waals surface area contributed by atoms with Crippen LogP contribution in [0.15, 0.2) is 42.5 Å². The van der Waals surface area contributed by atoms with Crippen molar-refractivity contribution in [2.24, 2.45) is 5.73 Å². The van der Waals surface area contributed by atoms with Crippen LogP contribution in [0.5, 0.6) is 11.5 Å². The molecule has 4 N–H and O–H groups in total. The molecular weight excluding hydrogens is 320 g/mol. The summed E-state index contributed by atoms with van der Waals surface area (Å²) in [6.45, 7) is 5.93. The molecule has 0 bridgehead atoms. The van der Waals surface area contributed by atoms with E-state index in [4.69, 9.17) is 10.5 Å². The number of aromatic hydroxyl groups is 1. The highest BCUT2D eigenvalue weighted by Gasteiger charge is 2.17. The van der Waals surface area contributed by atoms with Crippen LogP contribution in [0.25, 0.3) is 0 Å². The van der Waals surface area contributed by atoms with Crippen LogP contribution in [0.3, 0.4) is 0 Å². The number of carbonyl (C=O) groups excluding carboxylic acids is 2. The fourth-order valence-corrected chi connectivity index (χ4v) is 2.15. The molecule has 0 radical (unpaired) electrons. The van der Waals surface area contributed by atoms with Crippen LogP contribution >= 0.6 is 0 Å². The van der Waals surface area contributed by atoms with E-state index in [0.717, 1.165) is 5.56 Å². The van der Waals surface area contributed by atoms with E-state index in [9.17, 15) is 14.7 Å². The summed E-state index contributed by atoms with van der Waals surface area (Å²) in [7, 11) is 0. The van der Waals surface area contributed by atoms with Gasteiger partial charge in [0, 0.05) is 5.56 Å². The minimum atomic E-state index is -0.573. The van der Waals surface area contributed by atoms with Gasteiger partial charge in [-0.25, -0.2) is 0 Å². The highest BCUT2D eigenvalue weighted by molar-refractivity contribution is 6.05. The van der Waals surface area contributed by atoms with Crippen LogP contribution in [-0.2, 0) is 10.2 Å². The quantitative estimate of drug-likeness (QED) is 0.727. The van der Waals surface area contributed by atoms with Gasteiger partial charge in [0.05, 0.1) is 5.69 Å². The molecule has 0 aliphatic carbocycles. The first-order chi connectivity index (χ1) is 11.7. The maximum Gasteiger partial charge on any atom is 0.255 e. The number of hydrogen-bond acceptors (Lipinski definition) is 4. The van der Waals surface area contributed by atoms with Crippen LogP contribution in [-0.4, -0.2) is 23.5 Å². The molecule has 2 amide bonds. The van der Waals surface area contributed by atoms with Crippen LogP contribution in [0.4, 0.5) is 5.69 Å². The maximum absolute atomic E-state index is 12.4. The number of carbonyl (C=O) groups is 2. The van der Waals surface area contributed by atoms with Gasteiger partial charge in [-0.05, 0) is 47.4 Å². The lowest BCUT2D eigenvalue weighted by molar-refractivity contribution is -0.119. The van der Waals surface area contributed by atoms with E-state index in [-0.39, 0.29) is 23.7 Å². The van der Waals surface area contributed by atoms with E-state index in [1.807, 2.05) is 6.07 Å². The number of hydrogen-bond donors (Lipinski definition) is 3. The lowest BCUT2D eigenvalue weighted by atomic mass is 9.87. The number of ether oxygens (including phenoxy) is 1. The Morgan fingerprint density at radius 3 is 2.32 bits per heavy atom. The zero-order valence-electron chi connectivity index (χ0n) is 14.5. The topological polar surface area (TPSA) is 102 Å². The van der Waals surface area contributed by atoms with Crippen molar-refractivity contribution < 1.29 is 19.4 Å². The third-order valence-electron chi connectivity index (χ3n) is 3.61. The molecule has 0 aliphatic heterocycles. The third kappa shape index (κ3) is 4.97. The minimum absolute atomic E-state index is 0.00256. The Morgan fingerprint density at radius 1 is 1.12 bits per heavy atom. The molecule has 0 heterocycles. The predicted molar refractivity (Wildman–Crippen MR) is 95.9 cm³/mol. The molecule has 2 aromatic carbocycles. The van der Waals surface area contributed by atoms with E-state index in [1.165, 1.54) is 0 Å². The van der Waals surface area contributed by atoms with Gasteiger partial charge in [0.2, 0.25) is 0 Å². The van der Waals surface area contributed by atoms with Crippen LogP contribution in [0.2, 0.25) is 0 Å². The van der Waals surface area contributed by atoms with Gasteiger partial charge in [-0.1, -0.05) is 26.8 Å². The molecule has 0 unspecified atom stereocenters. The monoisotopic (exact) mass is 342 g/mol. The van der Waals surface area contributed by atoms with E-state index in [1.54, 1.807) is 36.4 Å². The van der Waals surface area contributed by atoms with Crippen LogP contribution in [0.1, 0.15) is 36.7 Å². The Labute approximate surface area is 146 Å². The highest BCUT2D eigenvalue weighted by atomic mass is 16.5. The van der Waals surface area contributed by atoms with Crippen LogP contribution < -0.4 is 15.8 Å². The number of phenolic OH excluding ortho intramolecular Hbond substituents is 1. The Balaban J connectivity index is 2.13. The Hall–Kier alpha value is -3.02. The molecule has 25 heavy (non-hydrogen) atoms. The van der Waals surface area contributed by atoms with Crippen molar-refractivity contribution in [3.8, 4) is 11.5 Å². The molecule has 132 valence electrons. The highest BCUT2D eigenvalue weighted by Crippen LogP contribution is 2.31. The van der Waals surface area contributed by atoms with Crippen molar-refractivity contribution in [3.05, 3.63) is 53.6 Å². The number of amides is 2. The molecule has 0 aliphatic rings. The van der Waals surface area contributed by atoms with E-state index in [0.29, 0.717) is 17.0 Å². The molecule has 0 fully saturated rings. The van der Waals surface area contributed by atoms with E-state index >= 15 is 0 Å². The Morgan fingerprint density at radius 2 is 1.76 bits per heavy atom. The van der Waals surface area contributed by atoms with Gasteiger partial charge in [0.25, 0.3) is 11.8 Å². The fraction of sp³-hybridized carbons (Fsp3) is 0.263. The third-order valence-corrected chi connectivity index (χ3v) is 3.61. The SMILES string of the molecule is CC(C)(C)c1ccc(O)c(NC(=O)c2ccc(OCC(N)=O)cc2)c1. The van der Waals surface area contributed by atoms with Gasteiger partial charge >= 0.3 is 0 Å². The first kappa shape index (κ1) is 18.3. The summed E-state index contributed by atoms with van der Waals surface area (Å²) >= 11 is 0. The largest absolute Gasteiger partial charge is 0.506 e. The molecule has 0 saturated carbocycles. The fourth-order valence-electron chi connectivity index (χ4n) is 2.15. The molecule has 0 saturated heterocycles. The van der Waals surface area contributed by atoms with Gasteiger partial charge in [0.1, 0.15) is 11.5 Å². The first-order valence-corrected chi connectivity index (χ1v) is 7.83. The summed E-state index contributed by atoms with van der Waals surface area (Å²) in [5.41, 5.74) is 6.65. The molecule has 0 atom stereocenters. The van der Waals surface area contributed by atoms with Crippen molar-refractivity contribution in [2.45, 2.75) is 26.2 Å². The van der Waals surface area contributed by atoms with Crippen molar-refractivity contribution in [3.63, 3.8) is 0 Å². The van der Waals surface area contributed by atoms with Gasteiger partial charge in [-0.2, -0.15) is 0 Å². The van der Waals surface area contributed by atoms with Gasteiger partial charge in [-0.3, -0.25) is 9.59 Å². The van der Waals surface area contributed by atoms with Gasteiger partial charge in [0.15, 0.2) is 6.61 Å². The number of nitrogens with one attached hydrogen (secondary N) is 1. The lowest BCUT2D eigenvalue weighted by Gasteiger charge is -2.20. The summed E-state index contributed by atoms with van der Waals surface area (Å²) in [5.74, 6) is -0.491. The van der Waals surface area contributed by atoms with E-state index < -0.39 is 5.91 Å². The summed E-state index contributed by atoms with van der Waals surface area (Å²) in [6, 6.07) is 11.4. The van der Waals surface area contributed by atoms with Crippen LogP contribution in [0, 0.1) is 0 Å². The zero-order valence-corrected chi connectivity index (χ0v) is 14.5. The summed E-state index contributed by atoms with van der Waals surface area (Å²) in [5, 5.41) is 12.7. The van der Waals surface area contributed by atoms with Gasteiger partial charge in [-0.15, -0.1) is 0 Å². The molecule has 6 heteroatoms.